The molecule has 19 heavy (non-hydrogen) atoms. The fraction of sp³-hybridized carbons (Fsp3) is 0.143. The van der Waals surface area contributed by atoms with E-state index < -0.39 is 0 Å². The lowest BCUT2D eigenvalue weighted by Crippen LogP contribution is -2.02. The summed E-state index contributed by atoms with van der Waals surface area (Å²) in [6.07, 6.45) is 5.00. The van der Waals surface area contributed by atoms with Gasteiger partial charge in [0.15, 0.2) is 5.82 Å². The number of hydrogen-bond acceptors (Lipinski definition) is 5. The first kappa shape index (κ1) is 11.5. The van der Waals surface area contributed by atoms with Crippen molar-refractivity contribution in [2.45, 2.75) is 6.92 Å². The Balaban J connectivity index is 2.25. The van der Waals surface area contributed by atoms with Crippen LogP contribution in [0.4, 0.5) is 5.82 Å². The van der Waals surface area contributed by atoms with E-state index in [1.807, 2.05) is 31.2 Å². The molecule has 94 valence electrons. The zero-order valence-electron chi connectivity index (χ0n) is 10.5. The predicted octanol–water partition coefficient (Wildman–Crippen LogP) is 2.52. The summed E-state index contributed by atoms with van der Waals surface area (Å²) in [6, 6.07) is 8.06. The average molecular weight is 251 g/mol. The summed E-state index contributed by atoms with van der Waals surface area (Å²) in [7, 11) is 0. The standard InChI is InChI=1S/C14H13N5/c1-2-17-14-12-6-4-3-5-11(12)13(18-19-14)10-7-15-9-16-8-10/h3-9H,2H2,1H3,(H,17,19). The minimum Gasteiger partial charge on any atom is -0.368 e. The Morgan fingerprint density at radius 1 is 1.00 bits per heavy atom. The van der Waals surface area contributed by atoms with Crippen molar-refractivity contribution < 1.29 is 0 Å². The minimum absolute atomic E-state index is 0.804. The van der Waals surface area contributed by atoms with Gasteiger partial charge in [0.25, 0.3) is 0 Å². The topological polar surface area (TPSA) is 63.6 Å². The van der Waals surface area contributed by atoms with Crippen molar-refractivity contribution in [3.63, 3.8) is 0 Å². The number of rotatable bonds is 3. The zero-order valence-corrected chi connectivity index (χ0v) is 10.5. The van der Waals surface area contributed by atoms with Gasteiger partial charge in [-0.1, -0.05) is 24.3 Å². The van der Waals surface area contributed by atoms with Gasteiger partial charge in [0.2, 0.25) is 0 Å². The van der Waals surface area contributed by atoms with Gasteiger partial charge in [0, 0.05) is 35.3 Å². The normalized spacial score (nSPS) is 10.6. The van der Waals surface area contributed by atoms with Crippen molar-refractivity contribution in [2.24, 2.45) is 0 Å². The number of nitrogens with one attached hydrogen (secondary N) is 1. The van der Waals surface area contributed by atoms with Crippen LogP contribution in [0, 0.1) is 0 Å². The fourth-order valence-corrected chi connectivity index (χ4v) is 2.04. The van der Waals surface area contributed by atoms with E-state index in [0.717, 1.165) is 34.4 Å². The molecule has 0 atom stereocenters. The number of nitrogens with zero attached hydrogens (tertiary/aromatic N) is 4. The van der Waals surface area contributed by atoms with Crippen molar-refractivity contribution in [1.82, 2.24) is 20.2 Å². The molecule has 0 saturated heterocycles. The summed E-state index contributed by atoms with van der Waals surface area (Å²) in [5.74, 6) is 0.804. The molecule has 3 aromatic rings. The van der Waals surface area contributed by atoms with Crippen LogP contribution in [0.2, 0.25) is 0 Å². The van der Waals surface area contributed by atoms with Crippen molar-refractivity contribution in [2.75, 3.05) is 11.9 Å². The van der Waals surface area contributed by atoms with Crippen LogP contribution in [-0.2, 0) is 0 Å². The number of aromatic nitrogens is 4. The van der Waals surface area contributed by atoms with E-state index in [9.17, 15) is 0 Å². The molecule has 2 aromatic heterocycles. The highest BCUT2D eigenvalue weighted by Crippen LogP contribution is 2.28. The zero-order chi connectivity index (χ0) is 13.1. The monoisotopic (exact) mass is 251 g/mol. The van der Waals surface area contributed by atoms with Gasteiger partial charge in [-0.15, -0.1) is 10.2 Å². The van der Waals surface area contributed by atoms with Crippen LogP contribution in [0.25, 0.3) is 22.0 Å². The SMILES string of the molecule is CCNc1nnc(-c2cncnc2)c2ccccc12. The molecule has 0 unspecified atom stereocenters. The maximum absolute atomic E-state index is 4.30. The molecular weight excluding hydrogens is 238 g/mol. The number of hydrogen-bond donors (Lipinski definition) is 1. The van der Waals surface area contributed by atoms with Crippen LogP contribution in [0.3, 0.4) is 0 Å². The van der Waals surface area contributed by atoms with Crippen molar-refractivity contribution >= 4 is 16.6 Å². The van der Waals surface area contributed by atoms with Gasteiger partial charge in [-0.25, -0.2) is 9.97 Å². The molecule has 0 radical (unpaired) electrons. The van der Waals surface area contributed by atoms with E-state index in [4.69, 9.17) is 0 Å². The lowest BCUT2D eigenvalue weighted by Gasteiger charge is -2.09. The van der Waals surface area contributed by atoms with Crippen LogP contribution in [-0.4, -0.2) is 26.7 Å². The molecule has 0 bridgehead atoms. The molecule has 3 rings (SSSR count). The minimum atomic E-state index is 0.804. The molecule has 0 saturated carbocycles. The highest BCUT2D eigenvalue weighted by molar-refractivity contribution is 5.99. The highest BCUT2D eigenvalue weighted by atomic mass is 15.2. The van der Waals surface area contributed by atoms with Crippen LogP contribution >= 0.6 is 0 Å². The molecule has 1 aromatic carbocycles. The molecule has 0 aliphatic carbocycles. The van der Waals surface area contributed by atoms with Crippen molar-refractivity contribution in [3.05, 3.63) is 43.0 Å². The average Bonchev–Trinajstić information content (AvgIpc) is 2.49. The van der Waals surface area contributed by atoms with E-state index in [-0.39, 0.29) is 0 Å². The van der Waals surface area contributed by atoms with Gasteiger partial charge in [0.05, 0.1) is 0 Å². The second-order valence-corrected chi connectivity index (χ2v) is 4.10. The molecule has 0 amide bonds. The van der Waals surface area contributed by atoms with Gasteiger partial charge in [-0.2, -0.15) is 0 Å². The van der Waals surface area contributed by atoms with Gasteiger partial charge in [0.1, 0.15) is 12.0 Å². The third-order valence-electron chi connectivity index (χ3n) is 2.87. The summed E-state index contributed by atoms with van der Waals surface area (Å²) in [6.45, 7) is 2.85. The van der Waals surface area contributed by atoms with Crippen molar-refractivity contribution in [1.29, 1.82) is 0 Å². The Morgan fingerprint density at radius 2 is 1.74 bits per heavy atom. The quantitative estimate of drug-likeness (QED) is 0.775. The summed E-state index contributed by atoms with van der Waals surface area (Å²) in [5, 5.41) is 13.9. The number of benzene rings is 1. The molecule has 5 heteroatoms. The molecule has 0 fully saturated rings. The largest absolute Gasteiger partial charge is 0.368 e. The van der Waals surface area contributed by atoms with Crippen LogP contribution in [0.1, 0.15) is 6.92 Å². The Hall–Kier alpha value is -2.56. The van der Waals surface area contributed by atoms with Gasteiger partial charge >= 0.3 is 0 Å². The number of anilines is 1. The van der Waals surface area contributed by atoms with E-state index in [2.05, 4.69) is 25.5 Å². The van der Waals surface area contributed by atoms with Gasteiger partial charge in [-0.3, -0.25) is 0 Å². The van der Waals surface area contributed by atoms with Crippen molar-refractivity contribution in [3.8, 4) is 11.3 Å². The van der Waals surface area contributed by atoms with Crippen LogP contribution < -0.4 is 5.32 Å². The predicted molar refractivity (Wildman–Crippen MR) is 74.7 cm³/mol. The molecule has 5 nitrogen and oxygen atoms in total. The van der Waals surface area contributed by atoms with E-state index >= 15 is 0 Å². The van der Waals surface area contributed by atoms with Gasteiger partial charge < -0.3 is 5.32 Å². The number of fused-ring (bicyclic) bond motifs is 1. The summed E-state index contributed by atoms with van der Waals surface area (Å²) in [5.41, 5.74) is 1.67. The Labute approximate surface area is 110 Å². The maximum atomic E-state index is 4.30. The van der Waals surface area contributed by atoms with Gasteiger partial charge in [-0.05, 0) is 6.92 Å². The first-order valence-corrected chi connectivity index (χ1v) is 6.15. The lowest BCUT2D eigenvalue weighted by atomic mass is 10.1. The second kappa shape index (κ2) is 4.97. The molecule has 1 N–H and O–H groups in total. The summed E-state index contributed by atoms with van der Waals surface area (Å²) >= 11 is 0. The van der Waals surface area contributed by atoms with E-state index in [1.165, 1.54) is 6.33 Å². The third-order valence-corrected chi connectivity index (χ3v) is 2.87. The summed E-state index contributed by atoms with van der Waals surface area (Å²) in [4.78, 5) is 8.06. The molecular formula is C14H13N5. The van der Waals surface area contributed by atoms with Crippen LogP contribution in [0.15, 0.2) is 43.0 Å². The van der Waals surface area contributed by atoms with E-state index in [1.54, 1.807) is 12.4 Å². The Morgan fingerprint density at radius 3 is 2.47 bits per heavy atom. The highest BCUT2D eigenvalue weighted by Gasteiger charge is 2.10. The Kier molecular flexibility index (Phi) is 3.02. The molecule has 0 aliphatic heterocycles. The molecule has 0 spiro atoms. The first-order chi connectivity index (χ1) is 9.40. The van der Waals surface area contributed by atoms with E-state index in [0.29, 0.717) is 0 Å². The summed E-state index contributed by atoms with van der Waals surface area (Å²) < 4.78 is 0. The smallest absolute Gasteiger partial charge is 0.156 e. The fourth-order valence-electron chi connectivity index (χ4n) is 2.04. The van der Waals surface area contributed by atoms with Crippen LogP contribution in [0.5, 0.6) is 0 Å². The maximum Gasteiger partial charge on any atom is 0.156 e. The molecule has 2 heterocycles. The third kappa shape index (κ3) is 2.10. The first-order valence-electron chi connectivity index (χ1n) is 6.15. The molecule has 0 aliphatic rings. The second-order valence-electron chi connectivity index (χ2n) is 4.10. The Bertz CT molecular complexity index is 697. The lowest BCUT2D eigenvalue weighted by molar-refractivity contribution is 1.03.